The molecule has 0 spiro atoms. The molecule has 1 aromatic carbocycles. The third-order valence-corrected chi connectivity index (χ3v) is 3.45. The molecule has 1 amide bonds. The number of rotatable bonds is 6. The number of hydrogen-bond acceptors (Lipinski definition) is 6. The van der Waals surface area contributed by atoms with Gasteiger partial charge in [-0.3, -0.25) is 10.1 Å². The van der Waals surface area contributed by atoms with Crippen molar-refractivity contribution in [3.05, 3.63) is 52.3 Å². The van der Waals surface area contributed by atoms with E-state index < -0.39 is 40.9 Å². The van der Waals surface area contributed by atoms with Gasteiger partial charge in [0.15, 0.2) is 0 Å². The van der Waals surface area contributed by atoms with Gasteiger partial charge in [-0.1, -0.05) is 0 Å². The number of carbonyl (C=O) groups is 3. The van der Waals surface area contributed by atoms with E-state index in [9.17, 15) is 23.2 Å². The molecule has 1 aromatic heterocycles. The molecule has 0 fully saturated rings. The zero-order valence-electron chi connectivity index (χ0n) is 14.9. The van der Waals surface area contributed by atoms with Crippen LogP contribution in [0, 0.1) is 18.6 Å². The third kappa shape index (κ3) is 4.30. The van der Waals surface area contributed by atoms with Gasteiger partial charge in [-0.2, -0.15) is 0 Å². The Kier molecular flexibility index (Phi) is 6.27. The second kappa shape index (κ2) is 8.43. The van der Waals surface area contributed by atoms with Crippen molar-refractivity contribution in [1.82, 2.24) is 0 Å². The van der Waals surface area contributed by atoms with Crippen LogP contribution in [0.3, 0.4) is 0 Å². The van der Waals surface area contributed by atoms with Crippen LogP contribution in [-0.4, -0.2) is 31.1 Å². The Labute approximate surface area is 153 Å². The van der Waals surface area contributed by atoms with Crippen molar-refractivity contribution in [2.24, 2.45) is 0 Å². The van der Waals surface area contributed by atoms with E-state index in [0.29, 0.717) is 6.07 Å². The summed E-state index contributed by atoms with van der Waals surface area (Å²) in [4.78, 5) is 36.7. The Balaban J connectivity index is 2.46. The molecule has 0 saturated carbocycles. The number of nitrogens with one attached hydrogen (secondary N) is 1. The molecule has 0 radical (unpaired) electrons. The van der Waals surface area contributed by atoms with Gasteiger partial charge in [0.1, 0.15) is 28.5 Å². The standard InChI is InChI=1S/C18H17F2NO6/c1-4-25-17(23)13-9(3)27-16(14(13)18(24)26-5-2)21-15(22)11-7-6-10(19)8-12(11)20/h6-8H,4-5H2,1-3H3,(H,21,22). The molecule has 7 nitrogen and oxygen atoms in total. The Bertz CT molecular complexity index is 890. The van der Waals surface area contributed by atoms with Crippen molar-refractivity contribution < 1.29 is 37.1 Å². The Morgan fingerprint density at radius 1 is 1.04 bits per heavy atom. The highest BCUT2D eigenvalue weighted by molar-refractivity contribution is 6.11. The molecule has 0 unspecified atom stereocenters. The lowest BCUT2D eigenvalue weighted by atomic mass is 10.1. The molecule has 0 bridgehead atoms. The second-order valence-electron chi connectivity index (χ2n) is 5.26. The topological polar surface area (TPSA) is 94.8 Å². The summed E-state index contributed by atoms with van der Waals surface area (Å²) in [5.74, 6) is -5.10. The van der Waals surface area contributed by atoms with E-state index in [4.69, 9.17) is 13.9 Å². The van der Waals surface area contributed by atoms with E-state index >= 15 is 0 Å². The van der Waals surface area contributed by atoms with Crippen LogP contribution in [0.4, 0.5) is 14.7 Å². The fourth-order valence-corrected chi connectivity index (χ4v) is 2.32. The number of esters is 2. The van der Waals surface area contributed by atoms with Gasteiger partial charge in [0.05, 0.1) is 18.8 Å². The molecule has 27 heavy (non-hydrogen) atoms. The zero-order valence-corrected chi connectivity index (χ0v) is 14.9. The van der Waals surface area contributed by atoms with E-state index in [-0.39, 0.29) is 30.1 Å². The van der Waals surface area contributed by atoms with Crippen LogP contribution in [0.25, 0.3) is 0 Å². The molecular weight excluding hydrogens is 364 g/mol. The summed E-state index contributed by atoms with van der Waals surface area (Å²) in [6, 6.07) is 2.38. The minimum Gasteiger partial charge on any atom is -0.462 e. The van der Waals surface area contributed by atoms with E-state index in [2.05, 4.69) is 5.32 Å². The molecule has 0 aliphatic heterocycles. The molecule has 0 atom stereocenters. The fourth-order valence-electron chi connectivity index (χ4n) is 2.32. The molecule has 0 aliphatic carbocycles. The number of ether oxygens (including phenoxy) is 2. The maximum Gasteiger partial charge on any atom is 0.344 e. The van der Waals surface area contributed by atoms with Crippen LogP contribution in [0.2, 0.25) is 0 Å². The number of halogens is 2. The van der Waals surface area contributed by atoms with Crippen LogP contribution in [-0.2, 0) is 9.47 Å². The number of anilines is 1. The lowest BCUT2D eigenvalue weighted by molar-refractivity contribution is 0.0480. The fraction of sp³-hybridized carbons (Fsp3) is 0.278. The number of carbonyl (C=O) groups excluding carboxylic acids is 3. The Hall–Kier alpha value is -3.23. The molecule has 0 aliphatic rings. The zero-order chi connectivity index (χ0) is 20.1. The second-order valence-corrected chi connectivity index (χ2v) is 5.26. The minimum atomic E-state index is -1.10. The third-order valence-electron chi connectivity index (χ3n) is 3.45. The first-order chi connectivity index (χ1) is 12.8. The summed E-state index contributed by atoms with van der Waals surface area (Å²) in [6.45, 7) is 4.58. The normalized spacial score (nSPS) is 10.4. The lowest BCUT2D eigenvalue weighted by Crippen LogP contribution is -2.18. The van der Waals surface area contributed by atoms with Gasteiger partial charge < -0.3 is 13.9 Å². The van der Waals surface area contributed by atoms with Crippen LogP contribution in [0.15, 0.2) is 22.6 Å². The first kappa shape index (κ1) is 20.1. The van der Waals surface area contributed by atoms with Crippen LogP contribution in [0.5, 0.6) is 0 Å². The average molecular weight is 381 g/mol. The molecular formula is C18H17F2NO6. The molecule has 2 aromatic rings. The van der Waals surface area contributed by atoms with Crippen LogP contribution >= 0.6 is 0 Å². The van der Waals surface area contributed by atoms with Crippen molar-refractivity contribution in [2.45, 2.75) is 20.8 Å². The van der Waals surface area contributed by atoms with E-state index in [1.807, 2.05) is 0 Å². The first-order valence-corrected chi connectivity index (χ1v) is 8.04. The summed E-state index contributed by atoms with van der Waals surface area (Å²) in [6.07, 6.45) is 0. The van der Waals surface area contributed by atoms with E-state index in [0.717, 1.165) is 12.1 Å². The number of furan rings is 1. The summed E-state index contributed by atoms with van der Waals surface area (Å²) >= 11 is 0. The predicted octanol–water partition coefficient (Wildman–Crippen LogP) is 3.47. The first-order valence-electron chi connectivity index (χ1n) is 8.04. The Morgan fingerprint density at radius 2 is 1.63 bits per heavy atom. The molecule has 0 saturated heterocycles. The van der Waals surface area contributed by atoms with Gasteiger partial charge >= 0.3 is 11.9 Å². The largest absolute Gasteiger partial charge is 0.462 e. The van der Waals surface area contributed by atoms with Crippen molar-refractivity contribution in [3.63, 3.8) is 0 Å². The smallest absolute Gasteiger partial charge is 0.344 e. The molecule has 144 valence electrons. The van der Waals surface area contributed by atoms with Crippen molar-refractivity contribution in [2.75, 3.05) is 18.5 Å². The summed E-state index contributed by atoms with van der Waals surface area (Å²) < 4.78 is 41.9. The van der Waals surface area contributed by atoms with Gasteiger partial charge in [-0.25, -0.2) is 18.4 Å². The Morgan fingerprint density at radius 3 is 2.19 bits per heavy atom. The quantitative estimate of drug-likeness (QED) is 0.770. The highest BCUT2D eigenvalue weighted by Crippen LogP contribution is 2.29. The monoisotopic (exact) mass is 381 g/mol. The van der Waals surface area contributed by atoms with Gasteiger partial charge in [0, 0.05) is 6.07 Å². The highest BCUT2D eigenvalue weighted by atomic mass is 19.1. The SMILES string of the molecule is CCOC(=O)c1c(C)oc(NC(=O)c2ccc(F)cc2F)c1C(=O)OCC. The van der Waals surface area contributed by atoms with Gasteiger partial charge in [0.25, 0.3) is 5.91 Å². The van der Waals surface area contributed by atoms with Gasteiger partial charge in [-0.05, 0) is 32.9 Å². The summed E-state index contributed by atoms with van der Waals surface area (Å²) in [5, 5.41) is 2.21. The van der Waals surface area contributed by atoms with Crippen molar-refractivity contribution >= 4 is 23.7 Å². The maximum atomic E-state index is 13.8. The van der Waals surface area contributed by atoms with Crippen LogP contribution < -0.4 is 5.32 Å². The predicted molar refractivity (Wildman–Crippen MR) is 89.7 cm³/mol. The van der Waals surface area contributed by atoms with E-state index in [1.165, 1.54) is 6.92 Å². The summed E-state index contributed by atoms with van der Waals surface area (Å²) in [7, 11) is 0. The molecule has 1 heterocycles. The number of aryl methyl sites for hydroxylation is 1. The number of amides is 1. The van der Waals surface area contributed by atoms with Crippen molar-refractivity contribution in [1.29, 1.82) is 0 Å². The molecule has 2 rings (SSSR count). The summed E-state index contributed by atoms with van der Waals surface area (Å²) in [5.41, 5.74) is -1.02. The molecule has 1 N–H and O–H groups in total. The number of benzene rings is 1. The highest BCUT2D eigenvalue weighted by Gasteiger charge is 2.31. The number of hydrogen-bond donors (Lipinski definition) is 1. The molecule has 9 heteroatoms. The minimum absolute atomic E-state index is 0.00526. The van der Waals surface area contributed by atoms with Crippen LogP contribution in [0.1, 0.15) is 50.7 Å². The lowest BCUT2D eigenvalue weighted by Gasteiger charge is -2.07. The van der Waals surface area contributed by atoms with Crippen molar-refractivity contribution in [3.8, 4) is 0 Å². The van der Waals surface area contributed by atoms with E-state index in [1.54, 1.807) is 13.8 Å². The van der Waals surface area contributed by atoms with Gasteiger partial charge in [0.2, 0.25) is 5.88 Å². The average Bonchev–Trinajstić information content (AvgIpc) is 2.91. The maximum absolute atomic E-state index is 13.8. The van der Waals surface area contributed by atoms with Gasteiger partial charge in [-0.15, -0.1) is 0 Å².